The van der Waals surface area contributed by atoms with Crippen LogP contribution in [0.4, 0.5) is 0 Å². The van der Waals surface area contributed by atoms with Crippen LogP contribution in [0.5, 0.6) is 5.88 Å². The third-order valence-corrected chi connectivity index (χ3v) is 10.6. The molecule has 4 heterocycles. The van der Waals surface area contributed by atoms with Gasteiger partial charge < -0.3 is 26.0 Å². The van der Waals surface area contributed by atoms with E-state index in [0.29, 0.717) is 47.6 Å². The lowest BCUT2D eigenvalue weighted by molar-refractivity contribution is -0.120. The van der Waals surface area contributed by atoms with Crippen LogP contribution < -0.4 is 26.0 Å². The van der Waals surface area contributed by atoms with Crippen molar-refractivity contribution >= 4 is 35.0 Å². The van der Waals surface area contributed by atoms with Crippen LogP contribution in [-0.4, -0.2) is 54.1 Å². The first-order valence-electron chi connectivity index (χ1n) is 17.0. The molecule has 1 aliphatic carbocycles. The van der Waals surface area contributed by atoms with E-state index in [4.69, 9.17) is 37.9 Å². The van der Waals surface area contributed by atoms with Crippen molar-refractivity contribution in [3.8, 4) is 39.5 Å². The fourth-order valence-corrected chi connectivity index (χ4v) is 7.80. The Hall–Kier alpha value is -4.02. The second-order valence-corrected chi connectivity index (χ2v) is 13.8. The molecule has 0 unspecified atom stereocenters. The molecule has 49 heavy (non-hydrogen) atoms. The quantitative estimate of drug-likeness (QED) is 0.143. The Morgan fingerprint density at radius 1 is 0.755 bits per heavy atom. The van der Waals surface area contributed by atoms with E-state index >= 15 is 0 Å². The number of carbonyl (C=O) groups is 2. The average Bonchev–Trinajstić information content (AvgIpc) is 3.74. The first-order chi connectivity index (χ1) is 23.9. The minimum atomic E-state index is 0.105. The number of fused-ring (bicyclic) bond motifs is 1. The molecule has 3 atom stereocenters. The summed E-state index contributed by atoms with van der Waals surface area (Å²) in [6.45, 7) is 2.01. The van der Waals surface area contributed by atoms with Crippen LogP contribution in [-0.2, 0) is 22.6 Å². The van der Waals surface area contributed by atoms with Crippen molar-refractivity contribution < 1.29 is 14.3 Å². The Morgan fingerprint density at radius 2 is 1.37 bits per heavy atom. The van der Waals surface area contributed by atoms with Crippen molar-refractivity contribution in [2.45, 2.75) is 69.6 Å². The van der Waals surface area contributed by atoms with Crippen LogP contribution in [0.3, 0.4) is 0 Å². The second kappa shape index (κ2) is 14.8. The zero-order chi connectivity index (χ0) is 33.9. The van der Waals surface area contributed by atoms with Gasteiger partial charge in [-0.1, -0.05) is 71.7 Å². The van der Waals surface area contributed by atoms with Crippen molar-refractivity contribution in [2.24, 2.45) is 0 Å². The predicted molar refractivity (Wildman–Crippen MR) is 193 cm³/mol. The molecule has 2 saturated heterocycles. The van der Waals surface area contributed by atoms with E-state index in [9.17, 15) is 9.59 Å². The third-order valence-electron chi connectivity index (χ3n) is 9.75. The lowest BCUT2D eigenvalue weighted by atomic mass is 9.90. The monoisotopic (exact) mass is 698 g/mol. The summed E-state index contributed by atoms with van der Waals surface area (Å²) < 4.78 is 5.66. The van der Waals surface area contributed by atoms with Gasteiger partial charge in [-0.15, -0.1) is 0 Å². The summed E-state index contributed by atoms with van der Waals surface area (Å²) in [4.78, 5) is 33.1. The van der Waals surface area contributed by atoms with Crippen molar-refractivity contribution in [1.82, 2.24) is 31.2 Å². The smallest absolute Gasteiger partial charge is 0.220 e. The summed E-state index contributed by atoms with van der Waals surface area (Å²) in [5.74, 6) is 0.759. The molecule has 7 rings (SSSR count). The lowest BCUT2D eigenvalue weighted by Gasteiger charge is -2.27. The molecule has 0 radical (unpaired) electrons. The van der Waals surface area contributed by atoms with Gasteiger partial charge in [0.2, 0.25) is 17.7 Å². The SMILES string of the molecule is COc1nc(-c2cccc(-c3cccc(-c4ccc5c(n4)CCC[C@@H]5NC[C@@H]4CCC(=O)N4)c3Cl)c2Cl)ccc1CNC[C@H]1CCC(=O)N1. The molecule has 254 valence electrons. The largest absolute Gasteiger partial charge is 0.481 e. The van der Waals surface area contributed by atoms with Crippen molar-refractivity contribution in [1.29, 1.82) is 0 Å². The maximum Gasteiger partial charge on any atom is 0.220 e. The van der Waals surface area contributed by atoms with Gasteiger partial charge in [0.15, 0.2) is 0 Å². The number of carbonyl (C=O) groups excluding carboxylic acids is 2. The first-order valence-corrected chi connectivity index (χ1v) is 17.8. The van der Waals surface area contributed by atoms with Crippen molar-refractivity contribution in [2.75, 3.05) is 20.2 Å². The maximum atomic E-state index is 11.6. The van der Waals surface area contributed by atoms with E-state index in [0.717, 1.165) is 77.9 Å². The number of hydrogen-bond acceptors (Lipinski definition) is 7. The number of nitrogens with one attached hydrogen (secondary N) is 4. The van der Waals surface area contributed by atoms with Gasteiger partial charge in [0, 0.05) is 84.1 Å². The molecular weight excluding hydrogens is 659 g/mol. The lowest BCUT2D eigenvalue weighted by Crippen LogP contribution is -2.38. The van der Waals surface area contributed by atoms with Crippen LogP contribution in [0, 0.1) is 0 Å². The fourth-order valence-electron chi connectivity index (χ4n) is 7.15. The van der Waals surface area contributed by atoms with E-state index in [1.807, 2.05) is 48.5 Å². The molecular formula is C38H40Cl2N6O3. The minimum Gasteiger partial charge on any atom is -0.481 e. The van der Waals surface area contributed by atoms with Crippen LogP contribution >= 0.6 is 23.2 Å². The Labute approximate surface area is 296 Å². The van der Waals surface area contributed by atoms with E-state index in [1.165, 1.54) is 5.56 Å². The highest BCUT2D eigenvalue weighted by molar-refractivity contribution is 6.39. The number of hydrogen-bond donors (Lipinski definition) is 4. The molecule has 2 amide bonds. The van der Waals surface area contributed by atoms with Gasteiger partial charge in [-0.05, 0) is 49.8 Å². The minimum absolute atomic E-state index is 0.105. The predicted octanol–water partition coefficient (Wildman–Crippen LogP) is 6.41. The summed E-state index contributed by atoms with van der Waals surface area (Å²) >= 11 is 14.3. The highest BCUT2D eigenvalue weighted by Gasteiger charge is 2.26. The summed E-state index contributed by atoms with van der Waals surface area (Å²) in [5.41, 5.74) is 7.98. The molecule has 4 N–H and O–H groups in total. The number of pyridine rings is 2. The zero-order valence-electron chi connectivity index (χ0n) is 27.5. The molecule has 3 aliphatic rings. The van der Waals surface area contributed by atoms with Crippen LogP contribution in [0.25, 0.3) is 33.6 Å². The van der Waals surface area contributed by atoms with Gasteiger partial charge in [0.25, 0.3) is 0 Å². The summed E-state index contributed by atoms with van der Waals surface area (Å²) in [7, 11) is 1.61. The van der Waals surface area contributed by atoms with Crippen LogP contribution in [0.1, 0.15) is 61.4 Å². The molecule has 2 aliphatic heterocycles. The molecule has 2 aromatic carbocycles. The van der Waals surface area contributed by atoms with Crippen LogP contribution in [0.15, 0.2) is 60.7 Å². The Bertz CT molecular complexity index is 1880. The molecule has 11 heteroatoms. The molecule has 0 spiro atoms. The molecule has 4 aromatic rings. The third kappa shape index (κ3) is 7.31. The van der Waals surface area contributed by atoms with E-state index in [2.05, 4.69) is 33.4 Å². The van der Waals surface area contributed by atoms with Gasteiger partial charge in [-0.3, -0.25) is 14.6 Å². The number of benzene rings is 2. The fraction of sp³-hybridized carbons (Fsp3) is 0.368. The topological polar surface area (TPSA) is 117 Å². The molecule has 0 bridgehead atoms. The van der Waals surface area contributed by atoms with Crippen molar-refractivity contribution in [3.05, 3.63) is 87.5 Å². The first kappa shape index (κ1) is 33.5. The van der Waals surface area contributed by atoms with E-state index < -0.39 is 0 Å². The maximum absolute atomic E-state index is 11.6. The standard InChI is InChI=1S/C38H40Cl2N6O3/c1-49-38-22(19-41-20-23-12-17-34(47)43-23)11-15-33(46-38)29-8-3-6-26(37(29)40)25-5-2-7-28(36(25)39)32-16-14-27-30(9-4-10-31(27)45-32)42-21-24-13-18-35(48)44-24/h2-3,5-8,11,14-16,23-24,30,41-42H,4,9-10,12-13,17-21H2,1H3,(H,43,47)(H,44,48)/t23-,24+,30+/m1/s1. The Balaban J connectivity index is 1.10. The Morgan fingerprint density at radius 3 is 2.00 bits per heavy atom. The summed E-state index contributed by atoms with van der Waals surface area (Å²) in [6, 6.07) is 20.6. The van der Waals surface area contributed by atoms with Gasteiger partial charge in [-0.2, -0.15) is 0 Å². The number of amides is 2. The second-order valence-electron chi connectivity index (χ2n) is 13.0. The van der Waals surface area contributed by atoms with Gasteiger partial charge in [0.1, 0.15) is 0 Å². The molecule has 2 fully saturated rings. The highest BCUT2D eigenvalue weighted by atomic mass is 35.5. The summed E-state index contributed by atoms with van der Waals surface area (Å²) in [6.07, 6.45) is 5.91. The molecule has 0 saturated carbocycles. The number of aromatic nitrogens is 2. The number of ether oxygens (including phenoxy) is 1. The number of nitrogens with zero attached hydrogens (tertiary/aromatic N) is 2. The molecule has 2 aromatic heterocycles. The Kier molecular flexibility index (Phi) is 10.1. The average molecular weight is 700 g/mol. The zero-order valence-corrected chi connectivity index (χ0v) is 29.0. The van der Waals surface area contributed by atoms with Gasteiger partial charge in [-0.25, -0.2) is 4.98 Å². The van der Waals surface area contributed by atoms with Crippen LogP contribution in [0.2, 0.25) is 10.0 Å². The number of halogens is 2. The highest BCUT2D eigenvalue weighted by Crippen LogP contribution is 2.42. The summed E-state index contributed by atoms with van der Waals surface area (Å²) in [5, 5.41) is 14.2. The number of rotatable bonds is 11. The van der Waals surface area contributed by atoms with Gasteiger partial charge >= 0.3 is 0 Å². The normalized spacial score (nSPS) is 20.2. The van der Waals surface area contributed by atoms with Gasteiger partial charge in [0.05, 0.1) is 28.5 Å². The van der Waals surface area contributed by atoms with E-state index in [-0.39, 0.29) is 29.9 Å². The van der Waals surface area contributed by atoms with Crippen molar-refractivity contribution in [3.63, 3.8) is 0 Å². The van der Waals surface area contributed by atoms with E-state index in [1.54, 1.807) is 7.11 Å². The molecule has 9 nitrogen and oxygen atoms in total. The number of aryl methyl sites for hydroxylation is 1. The number of methoxy groups -OCH3 is 1.